The lowest BCUT2D eigenvalue weighted by Crippen LogP contribution is -2.02. The van der Waals surface area contributed by atoms with E-state index in [0.717, 1.165) is 29.2 Å². The molecule has 0 aliphatic heterocycles. The molecule has 17 heavy (non-hydrogen) atoms. The highest BCUT2D eigenvalue weighted by Crippen LogP contribution is 2.25. The quantitative estimate of drug-likeness (QED) is 0.839. The van der Waals surface area contributed by atoms with Gasteiger partial charge < -0.3 is 9.84 Å². The zero-order valence-corrected chi connectivity index (χ0v) is 11.1. The number of rotatable bonds is 4. The van der Waals surface area contributed by atoms with Crippen LogP contribution in [0.4, 0.5) is 5.69 Å². The van der Waals surface area contributed by atoms with Crippen molar-refractivity contribution in [3.63, 3.8) is 0 Å². The molecule has 4 heteroatoms. The highest BCUT2D eigenvalue weighted by Gasteiger charge is 2.09. The minimum Gasteiger partial charge on any atom is -0.380 e. The Morgan fingerprint density at radius 1 is 1.29 bits per heavy atom. The first-order chi connectivity index (χ1) is 8.22. The van der Waals surface area contributed by atoms with Crippen LogP contribution < -0.4 is 5.32 Å². The van der Waals surface area contributed by atoms with Crippen LogP contribution in [0.1, 0.15) is 17.0 Å². The number of thioether (sulfide) groups is 1. The van der Waals surface area contributed by atoms with E-state index < -0.39 is 0 Å². The number of hydrogen-bond donors (Lipinski definition) is 1. The Hall–Kier alpha value is -1.42. The Labute approximate surface area is 106 Å². The maximum atomic E-state index is 5.15. The van der Waals surface area contributed by atoms with Gasteiger partial charge in [-0.15, -0.1) is 11.8 Å². The van der Waals surface area contributed by atoms with Crippen molar-refractivity contribution in [3.8, 4) is 0 Å². The van der Waals surface area contributed by atoms with E-state index in [4.69, 9.17) is 4.52 Å². The van der Waals surface area contributed by atoms with Crippen molar-refractivity contribution in [1.29, 1.82) is 0 Å². The van der Waals surface area contributed by atoms with Crippen LogP contribution in [0, 0.1) is 13.8 Å². The van der Waals surface area contributed by atoms with E-state index in [-0.39, 0.29) is 0 Å². The van der Waals surface area contributed by atoms with Gasteiger partial charge in [0.2, 0.25) is 0 Å². The lowest BCUT2D eigenvalue weighted by molar-refractivity contribution is 0.392. The molecule has 2 rings (SSSR count). The predicted octanol–water partition coefficient (Wildman–Crippen LogP) is 3.63. The summed E-state index contributed by atoms with van der Waals surface area (Å²) in [6.45, 7) is 4.66. The van der Waals surface area contributed by atoms with Crippen LogP contribution in [0.3, 0.4) is 0 Å². The van der Waals surface area contributed by atoms with Gasteiger partial charge in [0.1, 0.15) is 5.76 Å². The predicted molar refractivity (Wildman–Crippen MR) is 71.5 cm³/mol. The maximum Gasteiger partial charge on any atom is 0.138 e. The molecule has 90 valence electrons. The van der Waals surface area contributed by atoms with Crippen molar-refractivity contribution >= 4 is 17.4 Å². The van der Waals surface area contributed by atoms with E-state index in [2.05, 4.69) is 28.9 Å². The van der Waals surface area contributed by atoms with E-state index in [1.807, 2.05) is 26.0 Å². The van der Waals surface area contributed by atoms with Crippen molar-refractivity contribution in [2.24, 2.45) is 0 Å². The molecule has 0 spiro atoms. The summed E-state index contributed by atoms with van der Waals surface area (Å²) >= 11 is 1.74. The van der Waals surface area contributed by atoms with Crippen LogP contribution in [0.2, 0.25) is 0 Å². The van der Waals surface area contributed by atoms with Crippen LogP contribution in [-0.4, -0.2) is 11.4 Å². The Morgan fingerprint density at radius 3 is 2.71 bits per heavy atom. The molecule has 0 saturated carbocycles. The maximum absolute atomic E-state index is 5.15. The minimum atomic E-state index is 0.749. The van der Waals surface area contributed by atoms with Gasteiger partial charge in [-0.05, 0) is 32.2 Å². The Balaban J connectivity index is 2.12. The van der Waals surface area contributed by atoms with E-state index in [0.29, 0.717) is 0 Å². The number of para-hydroxylation sites is 1. The summed E-state index contributed by atoms with van der Waals surface area (Å²) in [5.41, 5.74) is 3.25. The lowest BCUT2D eigenvalue weighted by Gasteiger charge is -2.09. The van der Waals surface area contributed by atoms with Gasteiger partial charge in [-0.25, -0.2) is 0 Å². The van der Waals surface area contributed by atoms with Gasteiger partial charge in [-0.1, -0.05) is 17.3 Å². The molecule has 0 atom stereocenters. The van der Waals surface area contributed by atoms with Crippen LogP contribution in [0.5, 0.6) is 0 Å². The summed E-state index contributed by atoms with van der Waals surface area (Å²) in [5, 5.41) is 7.38. The number of aryl methyl sites for hydroxylation is 2. The summed E-state index contributed by atoms with van der Waals surface area (Å²) in [6.07, 6.45) is 2.08. The van der Waals surface area contributed by atoms with Crippen molar-refractivity contribution in [3.05, 3.63) is 41.3 Å². The average molecular weight is 248 g/mol. The third-order valence-electron chi connectivity index (χ3n) is 2.74. The van der Waals surface area contributed by atoms with Crippen molar-refractivity contribution < 1.29 is 4.52 Å². The first-order valence-corrected chi connectivity index (χ1v) is 6.73. The molecule has 1 aromatic carbocycles. The Morgan fingerprint density at radius 2 is 2.06 bits per heavy atom. The first-order valence-electron chi connectivity index (χ1n) is 5.51. The summed E-state index contributed by atoms with van der Waals surface area (Å²) in [6, 6.07) is 8.28. The number of anilines is 1. The molecule has 0 radical (unpaired) electrons. The molecule has 0 amide bonds. The van der Waals surface area contributed by atoms with Crippen molar-refractivity contribution in [2.45, 2.75) is 25.3 Å². The first kappa shape index (κ1) is 12.0. The summed E-state index contributed by atoms with van der Waals surface area (Å²) in [5.74, 6) is 0.886. The van der Waals surface area contributed by atoms with Crippen molar-refractivity contribution in [1.82, 2.24) is 5.16 Å². The van der Waals surface area contributed by atoms with E-state index >= 15 is 0 Å². The zero-order valence-electron chi connectivity index (χ0n) is 10.3. The second kappa shape index (κ2) is 5.27. The second-order valence-corrected chi connectivity index (χ2v) is 4.70. The smallest absolute Gasteiger partial charge is 0.138 e. The molecule has 1 heterocycles. The fourth-order valence-electron chi connectivity index (χ4n) is 1.73. The van der Waals surface area contributed by atoms with Gasteiger partial charge in [0.25, 0.3) is 0 Å². The van der Waals surface area contributed by atoms with Gasteiger partial charge in [0, 0.05) is 22.7 Å². The van der Waals surface area contributed by atoms with Gasteiger partial charge in [0.15, 0.2) is 0 Å². The molecular weight excluding hydrogens is 232 g/mol. The SMILES string of the molecule is CSc1ccccc1NCc1c(C)noc1C. The Kier molecular flexibility index (Phi) is 3.74. The largest absolute Gasteiger partial charge is 0.380 e. The van der Waals surface area contributed by atoms with Crippen LogP contribution in [0.25, 0.3) is 0 Å². The number of nitrogens with one attached hydrogen (secondary N) is 1. The molecule has 0 unspecified atom stereocenters. The number of benzene rings is 1. The monoisotopic (exact) mass is 248 g/mol. The highest BCUT2D eigenvalue weighted by atomic mass is 32.2. The average Bonchev–Trinajstić information content (AvgIpc) is 2.67. The fraction of sp³-hybridized carbons (Fsp3) is 0.308. The van der Waals surface area contributed by atoms with Crippen LogP contribution in [-0.2, 0) is 6.54 Å². The Bertz CT molecular complexity index is 488. The number of nitrogens with zero attached hydrogens (tertiary/aromatic N) is 1. The third-order valence-corrected chi connectivity index (χ3v) is 3.54. The second-order valence-electron chi connectivity index (χ2n) is 3.86. The van der Waals surface area contributed by atoms with E-state index in [1.54, 1.807) is 11.8 Å². The number of hydrogen-bond acceptors (Lipinski definition) is 4. The lowest BCUT2D eigenvalue weighted by atomic mass is 10.2. The van der Waals surface area contributed by atoms with Gasteiger partial charge in [-0.2, -0.15) is 0 Å². The van der Waals surface area contributed by atoms with E-state index in [1.165, 1.54) is 4.90 Å². The molecule has 0 fully saturated rings. The molecule has 0 aliphatic rings. The minimum absolute atomic E-state index is 0.749. The topological polar surface area (TPSA) is 38.1 Å². The molecular formula is C13H16N2OS. The molecule has 0 aliphatic carbocycles. The fourth-order valence-corrected chi connectivity index (χ4v) is 2.30. The van der Waals surface area contributed by atoms with Crippen molar-refractivity contribution in [2.75, 3.05) is 11.6 Å². The standard InChI is InChI=1S/C13H16N2OS/c1-9-11(10(2)16-15-9)8-14-12-6-4-5-7-13(12)17-3/h4-7,14H,8H2,1-3H3. The summed E-state index contributed by atoms with van der Waals surface area (Å²) < 4.78 is 5.15. The van der Waals surface area contributed by atoms with E-state index in [9.17, 15) is 0 Å². The van der Waals surface area contributed by atoms with Crippen LogP contribution >= 0.6 is 11.8 Å². The molecule has 2 aromatic rings. The third kappa shape index (κ3) is 2.64. The molecule has 0 saturated heterocycles. The molecule has 0 bridgehead atoms. The zero-order chi connectivity index (χ0) is 12.3. The van der Waals surface area contributed by atoms with Gasteiger partial charge in [0.05, 0.1) is 5.69 Å². The molecule has 3 nitrogen and oxygen atoms in total. The summed E-state index contributed by atoms with van der Waals surface area (Å²) in [7, 11) is 0. The molecule has 1 aromatic heterocycles. The number of aromatic nitrogens is 1. The van der Waals surface area contributed by atoms with Gasteiger partial charge >= 0.3 is 0 Å². The van der Waals surface area contributed by atoms with Gasteiger partial charge in [-0.3, -0.25) is 0 Å². The summed E-state index contributed by atoms with van der Waals surface area (Å²) in [4.78, 5) is 1.25. The normalized spacial score (nSPS) is 10.5. The van der Waals surface area contributed by atoms with Crippen LogP contribution in [0.15, 0.2) is 33.7 Å². The highest BCUT2D eigenvalue weighted by molar-refractivity contribution is 7.98. The molecule has 1 N–H and O–H groups in total.